The minimum absolute atomic E-state index is 0.809. The highest BCUT2D eigenvalue weighted by Gasteiger charge is 2.06. The van der Waals surface area contributed by atoms with Crippen LogP contribution in [0.2, 0.25) is 0 Å². The first-order valence-corrected chi connectivity index (χ1v) is 6.74. The van der Waals surface area contributed by atoms with Crippen molar-refractivity contribution in [2.45, 2.75) is 32.6 Å². The first-order chi connectivity index (χ1) is 8.27. The molecule has 0 fully saturated rings. The highest BCUT2D eigenvalue weighted by Crippen LogP contribution is 2.16. The Balaban J connectivity index is 2.26. The molecule has 0 spiro atoms. The Morgan fingerprint density at radius 2 is 1.88 bits per heavy atom. The molecule has 96 valence electrons. The van der Waals surface area contributed by atoms with Crippen molar-refractivity contribution in [3.8, 4) is 0 Å². The van der Waals surface area contributed by atoms with Gasteiger partial charge in [0.1, 0.15) is 0 Å². The summed E-state index contributed by atoms with van der Waals surface area (Å²) >= 11 is 0. The average Bonchev–Trinajstić information content (AvgIpc) is 2.38. The van der Waals surface area contributed by atoms with Gasteiger partial charge in [0.2, 0.25) is 0 Å². The Kier molecular flexibility index (Phi) is 6.71. The van der Waals surface area contributed by atoms with Crippen LogP contribution in [-0.4, -0.2) is 20.1 Å². The van der Waals surface area contributed by atoms with E-state index in [-0.39, 0.29) is 0 Å². The van der Waals surface area contributed by atoms with E-state index >= 15 is 0 Å². The number of nitrogens with two attached hydrogens (primary N) is 1. The topological polar surface area (TPSA) is 29.3 Å². The van der Waals surface area contributed by atoms with Gasteiger partial charge in [-0.25, -0.2) is 0 Å². The molecule has 1 rings (SSSR count). The monoisotopic (exact) mass is 234 g/mol. The van der Waals surface area contributed by atoms with E-state index in [0.29, 0.717) is 0 Å². The molecule has 1 unspecified atom stereocenters. The summed E-state index contributed by atoms with van der Waals surface area (Å²) in [6.07, 6.45) is 4.98. The van der Waals surface area contributed by atoms with Gasteiger partial charge in [0.15, 0.2) is 0 Å². The van der Waals surface area contributed by atoms with Gasteiger partial charge in [-0.1, -0.05) is 31.5 Å². The molecule has 1 atom stereocenters. The van der Waals surface area contributed by atoms with Crippen molar-refractivity contribution in [3.63, 3.8) is 0 Å². The summed E-state index contributed by atoms with van der Waals surface area (Å²) in [7, 11) is 2.17. The first kappa shape index (κ1) is 14.0. The number of para-hydroxylation sites is 1. The minimum Gasteiger partial charge on any atom is -0.375 e. The fraction of sp³-hybridized carbons (Fsp3) is 0.600. The average molecular weight is 234 g/mol. The molecule has 17 heavy (non-hydrogen) atoms. The first-order valence-electron chi connectivity index (χ1n) is 6.74. The highest BCUT2D eigenvalue weighted by molar-refractivity contribution is 5.44. The minimum atomic E-state index is 0.809. The molecule has 0 amide bonds. The number of hydrogen-bond acceptors (Lipinski definition) is 2. The van der Waals surface area contributed by atoms with E-state index in [2.05, 4.69) is 49.2 Å². The summed E-state index contributed by atoms with van der Waals surface area (Å²) in [6, 6.07) is 10.6. The predicted molar refractivity (Wildman–Crippen MR) is 76.4 cm³/mol. The molecular weight excluding hydrogens is 208 g/mol. The summed E-state index contributed by atoms with van der Waals surface area (Å²) in [5.41, 5.74) is 6.92. The van der Waals surface area contributed by atoms with Gasteiger partial charge in [-0.3, -0.25) is 0 Å². The van der Waals surface area contributed by atoms with Gasteiger partial charge in [-0.15, -0.1) is 0 Å². The maximum Gasteiger partial charge on any atom is 0.0363 e. The lowest BCUT2D eigenvalue weighted by atomic mass is 9.96. The molecule has 0 radical (unpaired) electrons. The lowest BCUT2D eigenvalue weighted by Gasteiger charge is -2.21. The van der Waals surface area contributed by atoms with Gasteiger partial charge in [0.25, 0.3) is 0 Å². The predicted octanol–water partition coefficient (Wildman–Crippen LogP) is 3.28. The molecule has 0 aliphatic heterocycles. The van der Waals surface area contributed by atoms with Crippen molar-refractivity contribution in [3.05, 3.63) is 30.3 Å². The van der Waals surface area contributed by atoms with Gasteiger partial charge in [0.05, 0.1) is 0 Å². The molecule has 0 heterocycles. The van der Waals surface area contributed by atoms with Gasteiger partial charge in [-0.2, -0.15) is 0 Å². The maximum absolute atomic E-state index is 5.62. The van der Waals surface area contributed by atoms with Crippen LogP contribution in [0.15, 0.2) is 30.3 Å². The van der Waals surface area contributed by atoms with Gasteiger partial charge < -0.3 is 10.6 Å². The van der Waals surface area contributed by atoms with E-state index in [9.17, 15) is 0 Å². The molecule has 0 saturated carbocycles. The van der Waals surface area contributed by atoms with Crippen LogP contribution in [0.4, 0.5) is 5.69 Å². The Hall–Kier alpha value is -1.02. The van der Waals surface area contributed by atoms with Gasteiger partial charge >= 0.3 is 0 Å². The molecule has 0 aromatic heterocycles. The molecule has 0 bridgehead atoms. The zero-order valence-corrected chi connectivity index (χ0v) is 11.2. The lowest BCUT2D eigenvalue weighted by Crippen LogP contribution is -2.19. The van der Waals surface area contributed by atoms with Crippen LogP contribution in [0.1, 0.15) is 32.6 Å². The standard InChI is InChI=1S/C15H26N2/c1-3-14(11-12-16)8-7-13-17(2)15-9-5-4-6-10-15/h4-6,9-10,14H,3,7-8,11-13,16H2,1-2H3. The Bertz CT molecular complexity index is 284. The molecule has 1 aromatic rings. The molecule has 0 saturated heterocycles. The fourth-order valence-electron chi connectivity index (χ4n) is 2.22. The van der Waals surface area contributed by atoms with Crippen molar-refractivity contribution < 1.29 is 0 Å². The lowest BCUT2D eigenvalue weighted by molar-refractivity contribution is 0.431. The summed E-state index contributed by atoms with van der Waals surface area (Å²) in [6.45, 7) is 4.22. The third-order valence-electron chi connectivity index (χ3n) is 3.46. The second-order valence-corrected chi connectivity index (χ2v) is 4.75. The maximum atomic E-state index is 5.62. The fourth-order valence-corrected chi connectivity index (χ4v) is 2.22. The Labute approximate surface area is 106 Å². The molecule has 1 aromatic carbocycles. The summed E-state index contributed by atoms with van der Waals surface area (Å²) < 4.78 is 0. The summed E-state index contributed by atoms with van der Waals surface area (Å²) in [5, 5.41) is 0. The third-order valence-corrected chi connectivity index (χ3v) is 3.46. The van der Waals surface area contributed by atoms with Crippen LogP contribution in [0.25, 0.3) is 0 Å². The van der Waals surface area contributed by atoms with E-state index in [1.54, 1.807) is 0 Å². The van der Waals surface area contributed by atoms with Crippen molar-refractivity contribution in [1.29, 1.82) is 0 Å². The van der Waals surface area contributed by atoms with Crippen LogP contribution in [0.3, 0.4) is 0 Å². The number of benzene rings is 1. The summed E-state index contributed by atoms with van der Waals surface area (Å²) in [4.78, 5) is 2.33. The normalized spacial score (nSPS) is 12.4. The van der Waals surface area contributed by atoms with E-state index in [4.69, 9.17) is 5.73 Å². The molecule has 0 aliphatic carbocycles. The van der Waals surface area contributed by atoms with E-state index in [1.165, 1.54) is 31.4 Å². The second kappa shape index (κ2) is 8.13. The van der Waals surface area contributed by atoms with Crippen LogP contribution in [0, 0.1) is 5.92 Å². The number of rotatable bonds is 8. The number of hydrogen-bond donors (Lipinski definition) is 1. The van der Waals surface area contributed by atoms with Crippen LogP contribution in [-0.2, 0) is 0 Å². The molecular formula is C15H26N2. The van der Waals surface area contributed by atoms with E-state index in [0.717, 1.165) is 19.0 Å². The van der Waals surface area contributed by atoms with Crippen LogP contribution < -0.4 is 10.6 Å². The van der Waals surface area contributed by atoms with Crippen molar-refractivity contribution >= 4 is 5.69 Å². The van der Waals surface area contributed by atoms with Gasteiger partial charge in [-0.05, 0) is 43.9 Å². The second-order valence-electron chi connectivity index (χ2n) is 4.75. The summed E-state index contributed by atoms with van der Waals surface area (Å²) in [5.74, 6) is 0.809. The largest absolute Gasteiger partial charge is 0.375 e. The molecule has 2 N–H and O–H groups in total. The molecule has 0 aliphatic rings. The van der Waals surface area contributed by atoms with Crippen molar-refractivity contribution in [1.82, 2.24) is 0 Å². The smallest absolute Gasteiger partial charge is 0.0363 e. The Morgan fingerprint density at radius 3 is 2.47 bits per heavy atom. The number of anilines is 1. The Morgan fingerprint density at radius 1 is 1.18 bits per heavy atom. The van der Waals surface area contributed by atoms with E-state index < -0.39 is 0 Å². The van der Waals surface area contributed by atoms with Crippen molar-refractivity contribution in [2.75, 3.05) is 25.0 Å². The third kappa shape index (κ3) is 5.22. The van der Waals surface area contributed by atoms with Crippen LogP contribution in [0.5, 0.6) is 0 Å². The zero-order chi connectivity index (χ0) is 12.5. The highest BCUT2D eigenvalue weighted by atomic mass is 15.1. The van der Waals surface area contributed by atoms with Crippen LogP contribution >= 0.6 is 0 Å². The molecule has 2 nitrogen and oxygen atoms in total. The van der Waals surface area contributed by atoms with E-state index in [1.807, 2.05) is 0 Å². The molecule has 2 heteroatoms. The number of nitrogens with zero attached hydrogens (tertiary/aromatic N) is 1. The zero-order valence-electron chi connectivity index (χ0n) is 11.2. The quantitative estimate of drug-likeness (QED) is 0.748. The van der Waals surface area contributed by atoms with Gasteiger partial charge in [0, 0.05) is 19.3 Å². The van der Waals surface area contributed by atoms with Crippen molar-refractivity contribution in [2.24, 2.45) is 11.7 Å². The SMILES string of the molecule is CCC(CCN)CCCN(C)c1ccccc1.